The van der Waals surface area contributed by atoms with Gasteiger partial charge >= 0.3 is 11.9 Å². The van der Waals surface area contributed by atoms with Gasteiger partial charge in [0.1, 0.15) is 18.3 Å². The van der Waals surface area contributed by atoms with Crippen molar-refractivity contribution in [1.82, 2.24) is 0 Å². The van der Waals surface area contributed by atoms with E-state index in [4.69, 9.17) is 23.7 Å². The van der Waals surface area contributed by atoms with E-state index >= 15 is 0 Å². The van der Waals surface area contributed by atoms with E-state index in [1.165, 1.54) is 11.6 Å². The summed E-state index contributed by atoms with van der Waals surface area (Å²) in [4.78, 5) is 26.0. The van der Waals surface area contributed by atoms with Gasteiger partial charge in [-0.25, -0.2) is 4.79 Å². The van der Waals surface area contributed by atoms with Crippen molar-refractivity contribution in [2.45, 2.75) is 115 Å². The molecule has 0 aromatic rings. The number of hydrogen-bond donors (Lipinski definition) is 1. The number of allylic oxidation sites excluding steroid dienone is 1. The Labute approximate surface area is 219 Å². The molecule has 8 nitrogen and oxygen atoms in total. The molecule has 2 aliphatic carbocycles. The van der Waals surface area contributed by atoms with Gasteiger partial charge in [-0.05, 0) is 52.9 Å². The molecule has 37 heavy (non-hydrogen) atoms. The van der Waals surface area contributed by atoms with Crippen LogP contribution in [0.2, 0.25) is 0 Å². The van der Waals surface area contributed by atoms with Crippen LogP contribution in [-0.2, 0) is 33.3 Å². The van der Waals surface area contributed by atoms with E-state index in [2.05, 4.69) is 19.9 Å². The molecule has 2 spiro atoms. The summed E-state index contributed by atoms with van der Waals surface area (Å²) < 4.78 is 30.9. The van der Waals surface area contributed by atoms with Crippen LogP contribution in [0, 0.1) is 10.8 Å². The first-order chi connectivity index (χ1) is 17.6. The van der Waals surface area contributed by atoms with Gasteiger partial charge in [-0.3, -0.25) is 4.79 Å². The quantitative estimate of drug-likeness (QED) is 0.318. The monoisotopic (exact) mass is 518 g/mol. The second kappa shape index (κ2) is 10.1. The van der Waals surface area contributed by atoms with Crippen LogP contribution in [-0.4, -0.2) is 73.0 Å². The minimum Gasteiger partial charge on any atom is -0.462 e. The molecule has 206 valence electrons. The summed E-state index contributed by atoms with van der Waals surface area (Å²) in [6.45, 7) is 9.02. The predicted molar refractivity (Wildman–Crippen MR) is 135 cm³/mol. The Balaban J connectivity index is 1.46. The van der Waals surface area contributed by atoms with E-state index in [1.54, 1.807) is 6.92 Å². The molecule has 1 unspecified atom stereocenters. The number of cyclic esters (lactones) is 1. The minimum atomic E-state index is -0.614. The summed E-state index contributed by atoms with van der Waals surface area (Å²) >= 11 is 0. The second-order valence-electron chi connectivity index (χ2n) is 12.1. The average molecular weight is 519 g/mol. The highest BCUT2D eigenvalue weighted by Crippen LogP contribution is 2.72. The van der Waals surface area contributed by atoms with Crippen LogP contribution >= 0.6 is 0 Å². The predicted octanol–water partition coefficient (Wildman–Crippen LogP) is 3.79. The molecule has 2 saturated heterocycles. The van der Waals surface area contributed by atoms with Gasteiger partial charge in [-0.15, -0.1) is 0 Å². The molecule has 0 aromatic carbocycles. The van der Waals surface area contributed by atoms with Gasteiger partial charge in [0.2, 0.25) is 0 Å². The Morgan fingerprint density at radius 2 is 1.84 bits per heavy atom. The first kappa shape index (κ1) is 26.9. The molecule has 3 aliphatic heterocycles. The lowest BCUT2D eigenvalue weighted by Gasteiger charge is -2.58. The van der Waals surface area contributed by atoms with E-state index < -0.39 is 28.5 Å². The molecule has 0 radical (unpaired) electrons. The molecular weight excluding hydrogens is 476 g/mol. The Morgan fingerprint density at radius 1 is 1.05 bits per heavy atom. The average Bonchev–Trinajstić information content (AvgIpc) is 3.61. The molecule has 3 heterocycles. The molecule has 3 fully saturated rings. The van der Waals surface area contributed by atoms with Crippen LogP contribution in [0.3, 0.4) is 0 Å². The van der Waals surface area contributed by atoms with Crippen molar-refractivity contribution in [2.75, 3.05) is 19.8 Å². The highest BCUT2D eigenvalue weighted by Gasteiger charge is 2.83. The van der Waals surface area contributed by atoms with Crippen molar-refractivity contribution in [3.8, 4) is 0 Å². The third-order valence-corrected chi connectivity index (χ3v) is 9.81. The molecule has 0 aromatic heterocycles. The van der Waals surface area contributed by atoms with Crippen molar-refractivity contribution in [3.63, 3.8) is 0 Å². The van der Waals surface area contributed by atoms with Gasteiger partial charge in [0.15, 0.2) is 0 Å². The summed E-state index contributed by atoms with van der Waals surface area (Å²) in [7, 11) is 0. The van der Waals surface area contributed by atoms with E-state index in [0.717, 1.165) is 24.8 Å². The van der Waals surface area contributed by atoms with Crippen molar-refractivity contribution in [2.24, 2.45) is 10.8 Å². The van der Waals surface area contributed by atoms with Crippen LogP contribution in [0.5, 0.6) is 0 Å². The summed E-state index contributed by atoms with van der Waals surface area (Å²) in [5, 5.41) is 10.1. The number of carbonyl (C=O) groups is 2. The maximum absolute atomic E-state index is 13.1. The SMILES string of the molecule is CC1=C[C@H]2O[C@@H]3C[C@H]4OC(=O)CCCC[C@@H]([C@H](C)O)OCC/C(C)=C/C(=O)OC[C@@]2(CC1)[C@]4(C)C31CO1. The fourth-order valence-corrected chi connectivity index (χ4v) is 7.32. The number of rotatable bonds is 1. The van der Waals surface area contributed by atoms with Crippen LogP contribution in [0.15, 0.2) is 23.3 Å². The van der Waals surface area contributed by atoms with Crippen molar-refractivity contribution >= 4 is 11.9 Å². The summed E-state index contributed by atoms with van der Waals surface area (Å²) in [6, 6.07) is 0. The Morgan fingerprint density at radius 3 is 2.57 bits per heavy atom. The Hall–Kier alpha value is -1.74. The molecule has 5 aliphatic rings. The fourth-order valence-electron chi connectivity index (χ4n) is 7.32. The van der Waals surface area contributed by atoms with Gasteiger partial charge in [0.25, 0.3) is 0 Å². The first-order valence-corrected chi connectivity index (χ1v) is 13.9. The number of hydrogen-bond acceptors (Lipinski definition) is 8. The van der Waals surface area contributed by atoms with Crippen molar-refractivity contribution in [3.05, 3.63) is 23.3 Å². The third kappa shape index (κ3) is 4.58. The largest absolute Gasteiger partial charge is 0.462 e. The Kier molecular flexibility index (Phi) is 7.33. The topological polar surface area (TPSA) is 104 Å². The lowest BCUT2D eigenvalue weighted by Crippen LogP contribution is -2.66. The number of epoxide rings is 1. The molecular formula is C29H42O8. The Bertz CT molecular complexity index is 965. The summed E-state index contributed by atoms with van der Waals surface area (Å²) in [6.07, 6.45) is 7.18. The molecule has 5 rings (SSSR count). The lowest BCUT2D eigenvalue weighted by atomic mass is 9.51. The van der Waals surface area contributed by atoms with Crippen LogP contribution in [0.1, 0.15) is 79.1 Å². The van der Waals surface area contributed by atoms with E-state index in [9.17, 15) is 14.7 Å². The smallest absolute Gasteiger partial charge is 0.330 e. The standard InChI is InChI=1S/C29H42O8/c1-18-9-11-28-16-34-26(32)14-19(2)10-12-33-21(20(3)30)7-5-6-8-25(31)37-22-15-24(36-23(28)13-18)29(17-35-29)27(22,28)4/h13-14,20-24,30H,5-12,15-17H2,1-4H3/b19-14+/t20-,21-,22+,23+,24+,27+,28+,29?/m0/s1. The summed E-state index contributed by atoms with van der Waals surface area (Å²) in [5.74, 6) is -0.622. The summed E-state index contributed by atoms with van der Waals surface area (Å²) in [5.41, 5.74) is 0.503. The fraction of sp³-hybridized carbons (Fsp3) is 0.793. The number of aliphatic hydroxyl groups excluding tert-OH is 1. The minimum absolute atomic E-state index is 0.161. The number of carbonyl (C=O) groups excluding carboxylic acids is 2. The molecule has 1 N–H and O–H groups in total. The first-order valence-electron chi connectivity index (χ1n) is 13.9. The number of aliphatic hydroxyl groups is 1. The second-order valence-corrected chi connectivity index (χ2v) is 12.1. The molecule has 2 bridgehead atoms. The maximum atomic E-state index is 13.1. The molecule has 0 amide bonds. The van der Waals surface area contributed by atoms with Crippen LogP contribution in [0.25, 0.3) is 0 Å². The van der Waals surface area contributed by atoms with E-state index in [1.807, 2.05) is 6.92 Å². The van der Waals surface area contributed by atoms with Crippen molar-refractivity contribution in [1.29, 1.82) is 0 Å². The lowest BCUT2D eigenvalue weighted by molar-refractivity contribution is -0.232. The molecule has 1 saturated carbocycles. The van der Waals surface area contributed by atoms with Gasteiger partial charge in [-0.1, -0.05) is 30.6 Å². The third-order valence-electron chi connectivity index (χ3n) is 9.81. The number of ether oxygens (including phenoxy) is 5. The highest BCUT2D eigenvalue weighted by molar-refractivity contribution is 5.82. The van der Waals surface area contributed by atoms with Crippen LogP contribution < -0.4 is 0 Å². The van der Waals surface area contributed by atoms with Gasteiger partial charge in [0, 0.05) is 24.3 Å². The highest BCUT2D eigenvalue weighted by atomic mass is 16.6. The van der Waals surface area contributed by atoms with Gasteiger partial charge in [-0.2, -0.15) is 0 Å². The van der Waals surface area contributed by atoms with Crippen molar-refractivity contribution < 1.29 is 38.4 Å². The number of esters is 2. The molecule has 8 heteroatoms. The van der Waals surface area contributed by atoms with E-state index in [0.29, 0.717) is 45.3 Å². The zero-order valence-corrected chi connectivity index (χ0v) is 22.6. The van der Waals surface area contributed by atoms with Gasteiger partial charge < -0.3 is 28.8 Å². The zero-order valence-electron chi connectivity index (χ0n) is 22.6. The van der Waals surface area contributed by atoms with Gasteiger partial charge in [0.05, 0.1) is 43.0 Å². The van der Waals surface area contributed by atoms with Crippen LogP contribution in [0.4, 0.5) is 0 Å². The molecule has 8 atom stereocenters. The normalized spacial score (nSPS) is 45.3. The van der Waals surface area contributed by atoms with E-state index in [-0.39, 0.29) is 37.0 Å². The zero-order chi connectivity index (χ0) is 26.4. The maximum Gasteiger partial charge on any atom is 0.330 e.